The van der Waals surface area contributed by atoms with Gasteiger partial charge in [-0.05, 0) is 41.8 Å². The Balaban J connectivity index is 2.03. The molecule has 0 aliphatic carbocycles. The minimum absolute atomic E-state index is 1.02. The molecular formula is C16H20N2. The van der Waals surface area contributed by atoms with Crippen LogP contribution in [0.4, 0.5) is 0 Å². The van der Waals surface area contributed by atoms with Crippen LogP contribution in [0.2, 0.25) is 0 Å². The number of pyridine rings is 1. The molecule has 1 aromatic heterocycles. The van der Waals surface area contributed by atoms with Crippen molar-refractivity contribution in [2.24, 2.45) is 0 Å². The minimum Gasteiger partial charge on any atom is -0.299 e. The van der Waals surface area contributed by atoms with Gasteiger partial charge in [-0.15, -0.1) is 0 Å². The zero-order valence-electron chi connectivity index (χ0n) is 11.0. The summed E-state index contributed by atoms with van der Waals surface area (Å²) in [5.41, 5.74) is 3.81. The van der Waals surface area contributed by atoms with Gasteiger partial charge in [0, 0.05) is 25.5 Å². The van der Waals surface area contributed by atoms with Crippen LogP contribution in [-0.4, -0.2) is 29.5 Å². The average Bonchev–Trinajstić information content (AvgIpc) is 2.42. The summed E-state index contributed by atoms with van der Waals surface area (Å²) < 4.78 is 0. The molecular weight excluding hydrogens is 220 g/mol. The number of likely N-dealkylation sites (tertiary alicyclic amines) is 1. The number of piperidine rings is 1. The fourth-order valence-corrected chi connectivity index (χ4v) is 2.08. The molecule has 1 fully saturated rings. The molecule has 1 saturated heterocycles. The summed E-state index contributed by atoms with van der Waals surface area (Å²) in [7, 11) is 0. The van der Waals surface area contributed by atoms with E-state index in [4.69, 9.17) is 0 Å². The van der Waals surface area contributed by atoms with Crippen molar-refractivity contribution in [1.82, 2.24) is 9.88 Å². The van der Waals surface area contributed by atoms with Gasteiger partial charge in [-0.25, -0.2) is 0 Å². The van der Waals surface area contributed by atoms with E-state index >= 15 is 0 Å². The third kappa shape index (κ3) is 3.41. The zero-order chi connectivity index (χ0) is 12.8. The highest BCUT2D eigenvalue weighted by Gasteiger charge is 2.14. The highest BCUT2D eigenvalue weighted by molar-refractivity contribution is 5.51. The zero-order valence-corrected chi connectivity index (χ0v) is 11.0. The first-order valence-corrected chi connectivity index (χ1v) is 6.47. The topological polar surface area (TPSA) is 16.1 Å². The summed E-state index contributed by atoms with van der Waals surface area (Å²) >= 11 is 0. The van der Waals surface area contributed by atoms with Crippen molar-refractivity contribution in [3.8, 4) is 0 Å². The molecule has 0 saturated carbocycles. The second-order valence-electron chi connectivity index (χ2n) is 4.55. The summed E-state index contributed by atoms with van der Waals surface area (Å²) in [6.45, 7) is 9.63. The van der Waals surface area contributed by atoms with Gasteiger partial charge in [0.2, 0.25) is 0 Å². The van der Waals surface area contributed by atoms with Crippen LogP contribution >= 0.6 is 0 Å². The fourth-order valence-electron chi connectivity index (χ4n) is 2.08. The molecule has 1 aliphatic rings. The number of hydrogen-bond donors (Lipinski definition) is 0. The predicted molar refractivity (Wildman–Crippen MR) is 77.2 cm³/mol. The minimum atomic E-state index is 1.02. The predicted octanol–water partition coefficient (Wildman–Crippen LogP) is 3.30. The molecule has 2 heterocycles. The van der Waals surface area contributed by atoms with E-state index in [-0.39, 0.29) is 0 Å². The Bertz CT molecular complexity index is 457. The Morgan fingerprint density at radius 1 is 1.39 bits per heavy atom. The molecule has 0 aromatic carbocycles. The van der Waals surface area contributed by atoms with Gasteiger partial charge in [-0.3, -0.25) is 9.88 Å². The lowest BCUT2D eigenvalue weighted by atomic mass is 9.99. The Morgan fingerprint density at radius 3 is 2.89 bits per heavy atom. The van der Waals surface area contributed by atoms with Crippen LogP contribution < -0.4 is 0 Å². The molecule has 18 heavy (non-hydrogen) atoms. The number of nitrogens with zero attached hydrogens (tertiary/aromatic N) is 2. The summed E-state index contributed by atoms with van der Waals surface area (Å²) in [4.78, 5) is 6.45. The first kappa shape index (κ1) is 12.8. The number of rotatable bonds is 3. The van der Waals surface area contributed by atoms with E-state index in [1.54, 1.807) is 0 Å². The molecule has 0 unspecified atom stereocenters. The monoisotopic (exact) mass is 240 g/mol. The van der Waals surface area contributed by atoms with Crippen LogP contribution in [0.1, 0.15) is 18.9 Å². The Morgan fingerprint density at radius 2 is 2.17 bits per heavy atom. The Labute approximate surface area is 109 Å². The van der Waals surface area contributed by atoms with Crippen molar-refractivity contribution in [2.75, 3.05) is 19.6 Å². The molecule has 1 aliphatic heterocycles. The fraction of sp³-hybridized carbons (Fsp3) is 0.312. The quantitative estimate of drug-likeness (QED) is 0.806. The van der Waals surface area contributed by atoms with Crippen molar-refractivity contribution in [1.29, 1.82) is 0 Å². The standard InChI is InChI=1S/C16H20N2/c1-3-18-12-9-14(2)16(13-18)6-4-5-15-7-10-17-11-8-15/h4-8,10-11H,2-3,9,12-13H2,1H3/b5-4+,16-6-. The molecule has 1 aromatic rings. The highest BCUT2D eigenvalue weighted by atomic mass is 15.1. The summed E-state index contributed by atoms with van der Waals surface area (Å²) in [6.07, 6.45) is 11.1. The Hall–Kier alpha value is -1.67. The van der Waals surface area contributed by atoms with Crippen molar-refractivity contribution in [3.63, 3.8) is 0 Å². The molecule has 2 rings (SSSR count). The van der Waals surface area contributed by atoms with Gasteiger partial charge < -0.3 is 0 Å². The van der Waals surface area contributed by atoms with Crippen LogP contribution in [-0.2, 0) is 0 Å². The third-order valence-corrected chi connectivity index (χ3v) is 3.32. The van der Waals surface area contributed by atoms with E-state index in [0.29, 0.717) is 0 Å². The van der Waals surface area contributed by atoms with Crippen molar-refractivity contribution < 1.29 is 0 Å². The smallest absolute Gasteiger partial charge is 0.0273 e. The van der Waals surface area contributed by atoms with Gasteiger partial charge >= 0.3 is 0 Å². The average molecular weight is 240 g/mol. The van der Waals surface area contributed by atoms with Gasteiger partial charge in [0.25, 0.3) is 0 Å². The number of likely N-dealkylation sites (N-methyl/N-ethyl adjacent to an activating group) is 1. The SMILES string of the molecule is C=C1CCN(CC)C/C1=C/C=C/c1ccncc1. The van der Waals surface area contributed by atoms with E-state index in [9.17, 15) is 0 Å². The lowest BCUT2D eigenvalue weighted by Gasteiger charge is -2.28. The summed E-state index contributed by atoms with van der Waals surface area (Å²) in [5.74, 6) is 0. The van der Waals surface area contributed by atoms with Crippen LogP contribution in [0, 0.1) is 0 Å². The number of hydrogen-bond acceptors (Lipinski definition) is 2. The van der Waals surface area contributed by atoms with Gasteiger partial charge in [0.1, 0.15) is 0 Å². The highest BCUT2D eigenvalue weighted by Crippen LogP contribution is 2.20. The van der Waals surface area contributed by atoms with Crippen LogP contribution in [0.25, 0.3) is 6.08 Å². The lowest BCUT2D eigenvalue weighted by molar-refractivity contribution is 0.301. The maximum atomic E-state index is 4.15. The van der Waals surface area contributed by atoms with E-state index < -0.39 is 0 Å². The molecule has 2 heteroatoms. The number of aromatic nitrogens is 1. The molecule has 0 atom stereocenters. The van der Waals surface area contributed by atoms with E-state index in [2.05, 4.69) is 41.6 Å². The molecule has 0 N–H and O–H groups in total. The normalized spacial score (nSPS) is 19.8. The van der Waals surface area contributed by atoms with Crippen molar-refractivity contribution in [2.45, 2.75) is 13.3 Å². The van der Waals surface area contributed by atoms with E-state index in [1.165, 1.54) is 16.7 Å². The van der Waals surface area contributed by atoms with Crippen LogP contribution in [0.5, 0.6) is 0 Å². The van der Waals surface area contributed by atoms with Crippen molar-refractivity contribution in [3.05, 3.63) is 60.0 Å². The first-order chi connectivity index (χ1) is 8.79. The maximum absolute atomic E-state index is 4.15. The molecule has 0 bridgehead atoms. The second-order valence-corrected chi connectivity index (χ2v) is 4.55. The van der Waals surface area contributed by atoms with Crippen LogP contribution in [0.15, 0.2) is 54.4 Å². The van der Waals surface area contributed by atoms with Gasteiger partial charge in [-0.2, -0.15) is 0 Å². The Kier molecular flexibility index (Phi) is 4.48. The largest absolute Gasteiger partial charge is 0.299 e. The van der Waals surface area contributed by atoms with Gasteiger partial charge in [0.05, 0.1) is 0 Å². The summed E-state index contributed by atoms with van der Waals surface area (Å²) in [5, 5.41) is 0. The third-order valence-electron chi connectivity index (χ3n) is 3.32. The number of allylic oxidation sites excluding steroid dienone is 2. The molecule has 0 amide bonds. The first-order valence-electron chi connectivity index (χ1n) is 6.47. The molecule has 0 spiro atoms. The molecule has 0 radical (unpaired) electrons. The summed E-state index contributed by atoms with van der Waals surface area (Å²) in [6, 6.07) is 4.01. The van der Waals surface area contributed by atoms with Crippen LogP contribution in [0.3, 0.4) is 0 Å². The maximum Gasteiger partial charge on any atom is 0.0273 e. The van der Waals surface area contributed by atoms with Gasteiger partial charge in [-0.1, -0.05) is 31.7 Å². The van der Waals surface area contributed by atoms with E-state index in [0.717, 1.165) is 26.1 Å². The molecule has 2 nitrogen and oxygen atoms in total. The second kappa shape index (κ2) is 6.31. The lowest BCUT2D eigenvalue weighted by Crippen LogP contribution is -2.31. The van der Waals surface area contributed by atoms with Crippen molar-refractivity contribution >= 4 is 6.08 Å². The van der Waals surface area contributed by atoms with E-state index in [1.807, 2.05) is 24.5 Å². The van der Waals surface area contributed by atoms with Gasteiger partial charge in [0.15, 0.2) is 0 Å². The molecule has 94 valence electrons.